The lowest BCUT2D eigenvalue weighted by atomic mass is 10.1. The van der Waals surface area contributed by atoms with E-state index in [4.69, 9.17) is 4.74 Å². The molecule has 0 aliphatic carbocycles. The lowest BCUT2D eigenvalue weighted by Crippen LogP contribution is -2.40. The monoisotopic (exact) mass is 395 g/mol. The number of nitrogens with one attached hydrogen (secondary N) is 3. The van der Waals surface area contributed by atoms with Crippen LogP contribution in [0.4, 0.5) is 11.4 Å². The Bertz CT molecular complexity index is 868. The van der Waals surface area contributed by atoms with E-state index >= 15 is 0 Å². The number of carbonyl (C=O) groups is 2. The van der Waals surface area contributed by atoms with Crippen LogP contribution < -0.4 is 20.7 Å². The number of anilines is 2. The minimum atomic E-state index is -0.328. The Balaban J connectivity index is 1.87. The second kappa shape index (κ2) is 9.78. The number of amides is 2. The summed E-state index contributed by atoms with van der Waals surface area (Å²) in [6.07, 6.45) is 0. The molecule has 0 unspecified atom stereocenters. The van der Waals surface area contributed by atoms with Crippen molar-refractivity contribution in [1.82, 2.24) is 5.32 Å². The van der Waals surface area contributed by atoms with Crippen LogP contribution in [0.2, 0.25) is 0 Å². The molecular formula is C23H29N3O3. The van der Waals surface area contributed by atoms with Crippen LogP contribution in [-0.2, 0) is 4.79 Å². The molecule has 0 aliphatic rings. The molecule has 0 spiro atoms. The van der Waals surface area contributed by atoms with Crippen LogP contribution in [0.1, 0.15) is 38.1 Å². The molecule has 0 aliphatic heterocycles. The number of ether oxygens (including phenoxy) is 1. The molecule has 2 amide bonds. The zero-order valence-electron chi connectivity index (χ0n) is 17.5. The van der Waals surface area contributed by atoms with E-state index in [0.717, 1.165) is 17.0 Å². The van der Waals surface area contributed by atoms with E-state index in [1.54, 1.807) is 24.3 Å². The summed E-state index contributed by atoms with van der Waals surface area (Å²) in [7, 11) is 0. The number of carbonyl (C=O) groups excluding carboxylic acids is 2. The second-order valence-corrected chi connectivity index (χ2v) is 7.96. The van der Waals surface area contributed by atoms with E-state index in [1.807, 2.05) is 52.0 Å². The van der Waals surface area contributed by atoms with Gasteiger partial charge in [0.1, 0.15) is 12.4 Å². The van der Waals surface area contributed by atoms with Crippen molar-refractivity contribution in [1.29, 1.82) is 0 Å². The van der Waals surface area contributed by atoms with Crippen LogP contribution in [0.25, 0.3) is 0 Å². The molecule has 29 heavy (non-hydrogen) atoms. The summed E-state index contributed by atoms with van der Waals surface area (Å²) in [5.74, 6) is 0.356. The fraction of sp³-hybridized carbons (Fsp3) is 0.304. The maximum absolute atomic E-state index is 12.3. The number of hydrogen-bond acceptors (Lipinski definition) is 4. The molecule has 0 aromatic heterocycles. The van der Waals surface area contributed by atoms with Crippen molar-refractivity contribution in [3.8, 4) is 5.75 Å². The normalized spacial score (nSPS) is 10.8. The molecule has 6 heteroatoms. The molecule has 0 radical (unpaired) electrons. The molecule has 0 atom stereocenters. The van der Waals surface area contributed by atoms with Gasteiger partial charge >= 0.3 is 0 Å². The third kappa shape index (κ3) is 8.09. The molecule has 6 nitrogen and oxygen atoms in total. The molecule has 2 rings (SSSR count). The molecule has 0 saturated carbocycles. The van der Waals surface area contributed by atoms with E-state index in [0.29, 0.717) is 17.9 Å². The van der Waals surface area contributed by atoms with Crippen LogP contribution in [0.3, 0.4) is 0 Å². The van der Waals surface area contributed by atoms with E-state index in [9.17, 15) is 9.59 Å². The first-order valence-electron chi connectivity index (χ1n) is 9.46. The third-order valence-electron chi connectivity index (χ3n) is 3.69. The van der Waals surface area contributed by atoms with Crippen molar-refractivity contribution in [2.24, 2.45) is 0 Å². The maximum Gasteiger partial charge on any atom is 0.251 e. The summed E-state index contributed by atoms with van der Waals surface area (Å²) in [5.41, 5.74) is 2.49. The third-order valence-corrected chi connectivity index (χ3v) is 3.69. The topological polar surface area (TPSA) is 79.5 Å². The van der Waals surface area contributed by atoms with Crippen LogP contribution in [0.5, 0.6) is 5.75 Å². The first kappa shape index (κ1) is 22.0. The fourth-order valence-electron chi connectivity index (χ4n) is 2.41. The van der Waals surface area contributed by atoms with Crippen molar-refractivity contribution in [3.63, 3.8) is 0 Å². The summed E-state index contributed by atoms with van der Waals surface area (Å²) < 4.78 is 5.55. The first-order valence-corrected chi connectivity index (χ1v) is 9.46. The Hall–Kier alpha value is -3.28. The molecule has 0 heterocycles. The zero-order valence-corrected chi connectivity index (χ0v) is 17.5. The number of rotatable bonds is 8. The van der Waals surface area contributed by atoms with Crippen LogP contribution >= 0.6 is 0 Å². The second-order valence-electron chi connectivity index (χ2n) is 7.96. The zero-order chi connectivity index (χ0) is 21.4. The van der Waals surface area contributed by atoms with Gasteiger partial charge in [0.2, 0.25) is 5.91 Å². The Morgan fingerprint density at radius 1 is 1.03 bits per heavy atom. The summed E-state index contributed by atoms with van der Waals surface area (Å²) in [6.45, 7) is 12.0. The molecular weight excluding hydrogens is 366 g/mol. The highest BCUT2D eigenvalue weighted by Crippen LogP contribution is 2.16. The average molecular weight is 396 g/mol. The quantitative estimate of drug-likeness (QED) is 0.585. The van der Waals surface area contributed by atoms with Gasteiger partial charge in [0.25, 0.3) is 5.91 Å². The predicted octanol–water partition coefficient (Wildman–Crippen LogP) is 4.22. The van der Waals surface area contributed by atoms with Gasteiger partial charge in [-0.2, -0.15) is 0 Å². The molecule has 3 N–H and O–H groups in total. The Morgan fingerprint density at radius 3 is 2.34 bits per heavy atom. The Kier molecular flexibility index (Phi) is 7.42. The highest BCUT2D eigenvalue weighted by atomic mass is 16.5. The predicted molar refractivity (Wildman–Crippen MR) is 118 cm³/mol. The van der Waals surface area contributed by atoms with Gasteiger partial charge in [0.05, 0.1) is 6.54 Å². The standard InChI is InChI=1S/C23H29N3O3/c1-16(2)15-29-20-11-9-18(10-12-20)24-14-21(27)25-19-8-6-7-17(13-19)22(28)26-23(3,4)5/h6-13,24H,1,14-15H2,2-5H3,(H,25,27)(H,26,28). The van der Waals surface area contributed by atoms with Gasteiger partial charge in [-0.25, -0.2) is 0 Å². The van der Waals surface area contributed by atoms with E-state index in [1.165, 1.54) is 0 Å². The summed E-state index contributed by atoms with van der Waals surface area (Å²) in [5, 5.41) is 8.76. The van der Waals surface area contributed by atoms with Gasteiger partial charge in [-0.15, -0.1) is 0 Å². The molecule has 2 aromatic rings. The lowest BCUT2D eigenvalue weighted by Gasteiger charge is -2.20. The fourth-order valence-corrected chi connectivity index (χ4v) is 2.41. The van der Waals surface area contributed by atoms with E-state index < -0.39 is 0 Å². The van der Waals surface area contributed by atoms with Gasteiger partial charge in [0.15, 0.2) is 0 Å². The SMILES string of the molecule is C=C(C)COc1ccc(NCC(=O)Nc2cccc(C(=O)NC(C)(C)C)c2)cc1. The smallest absolute Gasteiger partial charge is 0.251 e. The molecule has 154 valence electrons. The maximum atomic E-state index is 12.3. The Morgan fingerprint density at radius 2 is 1.72 bits per heavy atom. The van der Waals surface area contributed by atoms with Gasteiger partial charge in [0, 0.05) is 22.5 Å². The minimum Gasteiger partial charge on any atom is -0.489 e. The van der Waals surface area contributed by atoms with Gasteiger partial charge in [-0.3, -0.25) is 9.59 Å². The van der Waals surface area contributed by atoms with Gasteiger partial charge < -0.3 is 20.7 Å². The highest BCUT2D eigenvalue weighted by molar-refractivity contribution is 5.98. The van der Waals surface area contributed by atoms with E-state index in [2.05, 4.69) is 22.5 Å². The molecule has 2 aromatic carbocycles. The first-order chi connectivity index (χ1) is 13.6. The number of hydrogen-bond donors (Lipinski definition) is 3. The van der Waals surface area contributed by atoms with Gasteiger partial charge in [-0.05, 0) is 75.7 Å². The number of benzene rings is 2. The van der Waals surface area contributed by atoms with E-state index in [-0.39, 0.29) is 23.9 Å². The lowest BCUT2D eigenvalue weighted by molar-refractivity contribution is -0.114. The van der Waals surface area contributed by atoms with Crippen LogP contribution in [0.15, 0.2) is 60.7 Å². The van der Waals surface area contributed by atoms with Crippen molar-refractivity contribution < 1.29 is 14.3 Å². The van der Waals surface area contributed by atoms with Crippen molar-refractivity contribution >= 4 is 23.2 Å². The molecule has 0 fully saturated rings. The largest absolute Gasteiger partial charge is 0.489 e. The minimum absolute atomic E-state index is 0.102. The highest BCUT2D eigenvalue weighted by Gasteiger charge is 2.15. The van der Waals surface area contributed by atoms with Gasteiger partial charge in [-0.1, -0.05) is 12.6 Å². The summed E-state index contributed by atoms with van der Waals surface area (Å²) in [6, 6.07) is 14.2. The van der Waals surface area contributed by atoms with Crippen molar-refractivity contribution in [3.05, 3.63) is 66.2 Å². The molecule has 0 saturated heterocycles. The Labute approximate surface area is 172 Å². The van der Waals surface area contributed by atoms with Crippen molar-refractivity contribution in [2.45, 2.75) is 33.2 Å². The molecule has 0 bridgehead atoms. The average Bonchev–Trinajstić information content (AvgIpc) is 2.64. The van der Waals surface area contributed by atoms with Crippen LogP contribution in [-0.4, -0.2) is 30.5 Å². The van der Waals surface area contributed by atoms with Crippen LogP contribution in [0, 0.1) is 0 Å². The summed E-state index contributed by atoms with van der Waals surface area (Å²) in [4.78, 5) is 24.5. The van der Waals surface area contributed by atoms with Crippen molar-refractivity contribution in [2.75, 3.05) is 23.8 Å². The summed E-state index contributed by atoms with van der Waals surface area (Å²) >= 11 is 0.